The Balaban J connectivity index is 1.41. The number of carbonyl (C=O) groups excluding carboxylic acids is 1. The van der Waals surface area contributed by atoms with Crippen LogP contribution < -0.4 is 10.2 Å². The monoisotopic (exact) mass is 417 g/mol. The molecule has 9 heteroatoms. The topological polar surface area (TPSA) is 67.6 Å². The van der Waals surface area contributed by atoms with Gasteiger partial charge < -0.3 is 19.4 Å². The Hall–Kier alpha value is -3.33. The zero-order chi connectivity index (χ0) is 21.1. The fourth-order valence-corrected chi connectivity index (χ4v) is 3.08. The molecule has 0 spiro atoms. The second-order valence-electron chi connectivity index (χ2n) is 6.71. The van der Waals surface area contributed by atoms with Crippen molar-refractivity contribution in [3.05, 3.63) is 66.1 Å². The minimum absolute atomic E-state index is 0.0298. The molecule has 2 aromatic carbocycles. The molecule has 1 aliphatic rings. The molecule has 0 aliphatic carbocycles. The summed E-state index contributed by atoms with van der Waals surface area (Å²) in [5.41, 5.74) is 1.24. The van der Waals surface area contributed by atoms with Gasteiger partial charge in [0.25, 0.3) is 5.91 Å². The van der Waals surface area contributed by atoms with Crippen molar-refractivity contribution >= 4 is 17.3 Å². The number of carbonyl (C=O) groups is 1. The lowest BCUT2D eigenvalue weighted by molar-refractivity contribution is -0.137. The average molecular weight is 417 g/mol. The van der Waals surface area contributed by atoms with Gasteiger partial charge in [0.1, 0.15) is 6.26 Å². The molecular formula is C21H18F3N3O3. The highest BCUT2D eigenvalue weighted by atomic mass is 19.4. The molecule has 1 N–H and O–H groups in total. The van der Waals surface area contributed by atoms with Crippen molar-refractivity contribution in [1.82, 2.24) is 4.98 Å². The minimum atomic E-state index is -4.42. The van der Waals surface area contributed by atoms with Crippen LogP contribution in [0.5, 0.6) is 0 Å². The number of aromatic nitrogens is 1. The Morgan fingerprint density at radius 3 is 2.30 bits per heavy atom. The molecule has 1 aliphatic heterocycles. The summed E-state index contributed by atoms with van der Waals surface area (Å²) in [6, 6.07) is 11.8. The van der Waals surface area contributed by atoms with E-state index in [1.807, 2.05) is 12.1 Å². The summed E-state index contributed by atoms with van der Waals surface area (Å²) in [6.07, 6.45) is -3.25. The molecule has 0 radical (unpaired) electrons. The summed E-state index contributed by atoms with van der Waals surface area (Å²) in [7, 11) is 0. The van der Waals surface area contributed by atoms with Gasteiger partial charge in [-0.25, -0.2) is 4.98 Å². The first-order valence-electron chi connectivity index (χ1n) is 9.27. The SMILES string of the molecule is O=C(Nc1ccc(N2CCOCC2)cc1)c1coc(-c2ccc(C(F)(F)F)cc2)n1. The number of oxazole rings is 1. The maximum Gasteiger partial charge on any atom is 0.416 e. The third-order valence-corrected chi connectivity index (χ3v) is 4.70. The fourth-order valence-electron chi connectivity index (χ4n) is 3.08. The van der Waals surface area contributed by atoms with Crippen molar-refractivity contribution in [2.24, 2.45) is 0 Å². The largest absolute Gasteiger partial charge is 0.444 e. The smallest absolute Gasteiger partial charge is 0.416 e. The van der Waals surface area contributed by atoms with E-state index in [0.717, 1.165) is 30.9 Å². The van der Waals surface area contributed by atoms with Crippen molar-refractivity contribution in [3.63, 3.8) is 0 Å². The number of amides is 1. The van der Waals surface area contributed by atoms with Crippen LogP contribution in [0.2, 0.25) is 0 Å². The molecule has 0 bridgehead atoms. The predicted octanol–water partition coefficient (Wildman–Crippen LogP) is 4.45. The summed E-state index contributed by atoms with van der Waals surface area (Å²) in [4.78, 5) is 18.7. The molecule has 6 nitrogen and oxygen atoms in total. The average Bonchev–Trinajstić information content (AvgIpc) is 3.25. The van der Waals surface area contributed by atoms with Crippen LogP contribution in [0.1, 0.15) is 16.1 Å². The Labute approximate surface area is 170 Å². The number of anilines is 2. The predicted molar refractivity (Wildman–Crippen MR) is 104 cm³/mol. The molecule has 30 heavy (non-hydrogen) atoms. The highest BCUT2D eigenvalue weighted by Crippen LogP contribution is 2.31. The van der Waals surface area contributed by atoms with E-state index in [9.17, 15) is 18.0 Å². The summed E-state index contributed by atoms with van der Waals surface area (Å²) < 4.78 is 48.6. The first-order chi connectivity index (χ1) is 14.4. The number of morpholine rings is 1. The van der Waals surface area contributed by atoms with E-state index < -0.39 is 17.6 Å². The van der Waals surface area contributed by atoms with Crippen LogP contribution in [-0.4, -0.2) is 37.2 Å². The first kappa shape index (κ1) is 20.0. The molecule has 1 saturated heterocycles. The summed E-state index contributed by atoms with van der Waals surface area (Å²) in [6.45, 7) is 3.01. The van der Waals surface area contributed by atoms with Crippen LogP contribution in [0.25, 0.3) is 11.5 Å². The third-order valence-electron chi connectivity index (χ3n) is 4.70. The quantitative estimate of drug-likeness (QED) is 0.680. The van der Waals surface area contributed by atoms with Crippen molar-refractivity contribution in [1.29, 1.82) is 0 Å². The van der Waals surface area contributed by atoms with E-state index >= 15 is 0 Å². The van der Waals surface area contributed by atoms with Gasteiger partial charge in [0.2, 0.25) is 5.89 Å². The van der Waals surface area contributed by atoms with E-state index in [0.29, 0.717) is 24.5 Å². The molecule has 4 rings (SSSR count). The number of benzene rings is 2. The first-order valence-corrected chi connectivity index (χ1v) is 9.27. The zero-order valence-electron chi connectivity index (χ0n) is 15.8. The van der Waals surface area contributed by atoms with Gasteiger partial charge in [-0.2, -0.15) is 13.2 Å². The van der Waals surface area contributed by atoms with Gasteiger partial charge in [0, 0.05) is 30.0 Å². The van der Waals surface area contributed by atoms with Gasteiger partial charge in [-0.05, 0) is 48.5 Å². The van der Waals surface area contributed by atoms with Crippen LogP contribution in [0.15, 0.2) is 59.2 Å². The summed E-state index contributed by atoms with van der Waals surface area (Å²) in [5, 5.41) is 2.73. The lowest BCUT2D eigenvalue weighted by Gasteiger charge is -2.28. The highest BCUT2D eigenvalue weighted by molar-refractivity contribution is 6.03. The Morgan fingerprint density at radius 1 is 1.00 bits per heavy atom. The Kier molecular flexibility index (Phi) is 5.45. The number of rotatable bonds is 4. The van der Waals surface area contributed by atoms with E-state index in [4.69, 9.17) is 9.15 Å². The minimum Gasteiger partial charge on any atom is -0.444 e. The molecular weight excluding hydrogens is 399 g/mol. The fraction of sp³-hybridized carbons (Fsp3) is 0.238. The zero-order valence-corrected chi connectivity index (χ0v) is 15.8. The van der Waals surface area contributed by atoms with E-state index in [-0.39, 0.29) is 11.6 Å². The maximum absolute atomic E-state index is 12.7. The van der Waals surface area contributed by atoms with E-state index in [1.54, 1.807) is 12.1 Å². The maximum atomic E-state index is 12.7. The van der Waals surface area contributed by atoms with Gasteiger partial charge >= 0.3 is 6.18 Å². The van der Waals surface area contributed by atoms with Gasteiger partial charge in [-0.1, -0.05) is 0 Å². The number of halogens is 3. The summed E-state index contributed by atoms with van der Waals surface area (Å²) in [5.74, 6) is -0.410. The molecule has 1 aromatic heterocycles. The second kappa shape index (κ2) is 8.19. The van der Waals surface area contributed by atoms with Crippen LogP contribution in [0.3, 0.4) is 0 Å². The molecule has 156 valence electrons. The molecule has 3 aromatic rings. The Morgan fingerprint density at radius 2 is 1.67 bits per heavy atom. The number of hydrogen-bond acceptors (Lipinski definition) is 5. The number of nitrogens with zero attached hydrogens (tertiary/aromatic N) is 2. The van der Waals surface area contributed by atoms with Gasteiger partial charge in [-0.15, -0.1) is 0 Å². The van der Waals surface area contributed by atoms with Crippen molar-refractivity contribution in [2.45, 2.75) is 6.18 Å². The Bertz CT molecular complexity index is 1010. The molecule has 0 saturated carbocycles. The van der Waals surface area contributed by atoms with Crippen LogP contribution in [-0.2, 0) is 10.9 Å². The van der Waals surface area contributed by atoms with Crippen molar-refractivity contribution < 1.29 is 27.1 Å². The van der Waals surface area contributed by atoms with Gasteiger partial charge in [0.05, 0.1) is 18.8 Å². The highest BCUT2D eigenvalue weighted by Gasteiger charge is 2.30. The number of hydrogen-bond donors (Lipinski definition) is 1. The lowest BCUT2D eigenvalue weighted by Crippen LogP contribution is -2.36. The van der Waals surface area contributed by atoms with Gasteiger partial charge in [0.15, 0.2) is 5.69 Å². The second-order valence-corrected chi connectivity index (χ2v) is 6.71. The molecule has 1 amide bonds. The number of nitrogens with one attached hydrogen (secondary N) is 1. The number of ether oxygens (including phenoxy) is 1. The van der Waals surface area contributed by atoms with E-state index in [2.05, 4.69) is 15.2 Å². The standard InChI is InChI=1S/C21H18F3N3O3/c22-21(23,24)15-3-1-14(2-4-15)20-26-18(13-30-20)19(28)25-16-5-7-17(8-6-16)27-9-11-29-12-10-27/h1-8,13H,9-12H2,(H,25,28). The van der Waals surface area contributed by atoms with Crippen LogP contribution >= 0.6 is 0 Å². The lowest BCUT2D eigenvalue weighted by atomic mass is 10.1. The molecule has 1 fully saturated rings. The molecule has 2 heterocycles. The molecule has 0 unspecified atom stereocenters. The third kappa shape index (κ3) is 4.46. The normalized spacial score (nSPS) is 14.6. The van der Waals surface area contributed by atoms with E-state index in [1.165, 1.54) is 18.4 Å². The molecule has 0 atom stereocenters. The van der Waals surface area contributed by atoms with Gasteiger partial charge in [-0.3, -0.25) is 4.79 Å². The number of alkyl halides is 3. The van der Waals surface area contributed by atoms with Crippen molar-refractivity contribution in [3.8, 4) is 11.5 Å². The van der Waals surface area contributed by atoms with Crippen LogP contribution in [0, 0.1) is 0 Å². The van der Waals surface area contributed by atoms with Crippen LogP contribution in [0.4, 0.5) is 24.5 Å². The summed E-state index contributed by atoms with van der Waals surface area (Å²) >= 11 is 0. The van der Waals surface area contributed by atoms with Crippen molar-refractivity contribution in [2.75, 3.05) is 36.5 Å².